The summed E-state index contributed by atoms with van der Waals surface area (Å²) < 4.78 is 31.0. The Bertz CT molecular complexity index is 643. The van der Waals surface area contributed by atoms with Crippen molar-refractivity contribution in [2.75, 3.05) is 6.26 Å². The lowest BCUT2D eigenvalue weighted by Crippen LogP contribution is -2.52. The zero-order valence-electron chi connectivity index (χ0n) is 11.6. The smallest absolute Gasteiger partial charge is 0.287 e. The van der Waals surface area contributed by atoms with E-state index >= 15 is 0 Å². The van der Waals surface area contributed by atoms with Crippen LogP contribution in [-0.2, 0) is 10.0 Å². The molecular formula is C13H17BrN2O4S. The van der Waals surface area contributed by atoms with Gasteiger partial charge in [-0.3, -0.25) is 4.79 Å². The third kappa shape index (κ3) is 3.02. The van der Waals surface area contributed by atoms with E-state index in [0.29, 0.717) is 17.5 Å². The van der Waals surface area contributed by atoms with Crippen molar-refractivity contribution in [3.8, 4) is 0 Å². The van der Waals surface area contributed by atoms with E-state index in [-0.39, 0.29) is 29.8 Å². The number of nitrogens with zero attached hydrogens (tertiary/aromatic N) is 1. The van der Waals surface area contributed by atoms with Crippen molar-refractivity contribution in [3.05, 3.63) is 22.6 Å². The number of carbonyl (C=O) groups excluding carboxylic acids is 1. The summed E-state index contributed by atoms with van der Waals surface area (Å²) in [4.78, 5) is 12.1. The van der Waals surface area contributed by atoms with Crippen molar-refractivity contribution in [2.24, 2.45) is 0 Å². The highest BCUT2D eigenvalue weighted by molar-refractivity contribution is 9.10. The van der Waals surface area contributed by atoms with Gasteiger partial charge >= 0.3 is 0 Å². The number of hydrogen-bond donors (Lipinski definition) is 1. The predicted octanol–water partition coefficient (Wildman–Crippen LogP) is 1.73. The number of rotatable bonds is 3. The fourth-order valence-corrected chi connectivity index (χ4v) is 5.26. The van der Waals surface area contributed by atoms with Gasteiger partial charge < -0.3 is 9.73 Å². The van der Waals surface area contributed by atoms with E-state index in [9.17, 15) is 13.2 Å². The number of piperidine rings is 1. The van der Waals surface area contributed by atoms with Crippen molar-refractivity contribution in [1.29, 1.82) is 0 Å². The van der Waals surface area contributed by atoms with E-state index in [4.69, 9.17) is 4.42 Å². The maximum absolute atomic E-state index is 12.1. The lowest BCUT2D eigenvalue weighted by Gasteiger charge is -2.37. The SMILES string of the molecule is CS(=O)(=O)N1C2CCC1CC(NC(=O)c1ccc(Br)o1)C2. The molecule has 2 unspecified atom stereocenters. The van der Waals surface area contributed by atoms with Crippen molar-refractivity contribution in [2.45, 2.75) is 43.8 Å². The van der Waals surface area contributed by atoms with Crippen LogP contribution in [0.15, 0.2) is 21.2 Å². The van der Waals surface area contributed by atoms with Crippen LogP contribution in [0.25, 0.3) is 0 Å². The fourth-order valence-electron chi connectivity index (χ4n) is 3.49. The molecule has 1 amide bonds. The quantitative estimate of drug-likeness (QED) is 0.870. The maximum atomic E-state index is 12.1. The third-order valence-electron chi connectivity index (χ3n) is 4.18. The predicted molar refractivity (Wildman–Crippen MR) is 80.4 cm³/mol. The zero-order valence-corrected chi connectivity index (χ0v) is 14.0. The van der Waals surface area contributed by atoms with Crippen molar-refractivity contribution >= 4 is 31.9 Å². The molecule has 0 radical (unpaired) electrons. The van der Waals surface area contributed by atoms with Gasteiger partial charge in [0.2, 0.25) is 10.0 Å². The van der Waals surface area contributed by atoms with Crippen LogP contribution >= 0.6 is 15.9 Å². The van der Waals surface area contributed by atoms with Crippen LogP contribution in [0.5, 0.6) is 0 Å². The van der Waals surface area contributed by atoms with E-state index in [0.717, 1.165) is 12.8 Å². The summed E-state index contributed by atoms with van der Waals surface area (Å²) in [7, 11) is -3.17. The van der Waals surface area contributed by atoms with E-state index in [1.807, 2.05) is 0 Å². The average molecular weight is 377 g/mol. The molecule has 0 spiro atoms. The minimum absolute atomic E-state index is 0.00289. The number of carbonyl (C=O) groups is 1. The molecule has 0 aromatic carbocycles. The highest BCUT2D eigenvalue weighted by Crippen LogP contribution is 2.37. The van der Waals surface area contributed by atoms with Gasteiger partial charge in [0.25, 0.3) is 5.91 Å². The first-order valence-electron chi connectivity index (χ1n) is 6.89. The molecule has 2 aliphatic heterocycles. The zero-order chi connectivity index (χ0) is 15.2. The van der Waals surface area contributed by atoms with Crippen LogP contribution in [0.1, 0.15) is 36.2 Å². The second-order valence-corrected chi connectivity index (χ2v) is 8.39. The molecule has 0 aliphatic carbocycles. The number of halogens is 1. The van der Waals surface area contributed by atoms with Crippen LogP contribution in [-0.4, -0.2) is 43.0 Å². The van der Waals surface area contributed by atoms with Gasteiger partial charge in [-0.25, -0.2) is 8.42 Å². The number of fused-ring (bicyclic) bond motifs is 2. The molecule has 0 saturated carbocycles. The first kappa shape index (κ1) is 15.1. The van der Waals surface area contributed by atoms with E-state index in [2.05, 4.69) is 21.2 Å². The lowest BCUT2D eigenvalue weighted by molar-refractivity contribution is 0.0880. The number of amides is 1. The van der Waals surface area contributed by atoms with Gasteiger partial charge in [0.05, 0.1) is 6.26 Å². The first-order valence-corrected chi connectivity index (χ1v) is 9.53. The lowest BCUT2D eigenvalue weighted by atomic mass is 9.99. The normalized spacial score (nSPS) is 29.5. The number of furan rings is 1. The minimum atomic E-state index is -3.17. The summed E-state index contributed by atoms with van der Waals surface area (Å²) in [5.74, 6) is 0.0117. The Morgan fingerprint density at radius 3 is 2.43 bits per heavy atom. The summed E-state index contributed by atoms with van der Waals surface area (Å²) >= 11 is 3.16. The Labute approximate surface area is 132 Å². The van der Waals surface area contributed by atoms with Gasteiger partial charge in [0, 0.05) is 18.1 Å². The van der Waals surface area contributed by atoms with Crippen LogP contribution in [0.4, 0.5) is 0 Å². The summed E-state index contributed by atoms with van der Waals surface area (Å²) in [6.45, 7) is 0. The van der Waals surface area contributed by atoms with Crippen molar-refractivity contribution in [3.63, 3.8) is 0 Å². The molecule has 2 aliphatic rings. The van der Waals surface area contributed by atoms with E-state index in [1.165, 1.54) is 6.26 Å². The third-order valence-corrected chi connectivity index (χ3v) is 5.97. The second kappa shape index (κ2) is 5.40. The summed E-state index contributed by atoms with van der Waals surface area (Å²) in [6, 6.07) is 3.29. The molecule has 2 bridgehead atoms. The van der Waals surface area contributed by atoms with Gasteiger partial charge in [-0.1, -0.05) is 0 Å². The molecule has 21 heavy (non-hydrogen) atoms. The monoisotopic (exact) mass is 376 g/mol. The Morgan fingerprint density at radius 2 is 1.95 bits per heavy atom. The Morgan fingerprint density at radius 1 is 1.33 bits per heavy atom. The summed E-state index contributed by atoms with van der Waals surface area (Å²) in [5, 5.41) is 2.95. The molecule has 3 rings (SSSR count). The first-order chi connectivity index (χ1) is 9.84. The molecule has 1 aromatic heterocycles. The van der Waals surface area contributed by atoms with Crippen LogP contribution in [0.2, 0.25) is 0 Å². The molecule has 3 heterocycles. The van der Waals surface area contributed by atoms with Crippen LogP contribution < -0.4 is 5.32 Å². The van der Waals surface area contributed by atoms with Gasteiger partial charge in [0.15, 0.2) is 10.4 Å². The van der Waals surface area contributed by atoms with Gasteiger partial charge in [0.1, 0.15) is 0 Å². The average Bonchev–Trinajstić information content (AvgIpc) is 2.92. The van der Waals surface area contributed by atoms with Crippen molar-refractivity contribution in [1.82, 2.24) is 9.62 Å². The van der Waals surface area contributed by atoms with E-state index < -0.39 is 10.0 Å². The number of sulfonamides is 1. The maximum Gasteiger partial charge on any atom is 0.287 e. The Hall–Kier alpha value is -0.860. The van der Waals surface area contributed by atoms with E-state index in [1.54, 1.807) is 16.4 Å². The molecule has 8 heteroatoms. The molecular weight excluding hydrogens is 360 g/mol. The standard InChI is InChI=1S/C13H17BrN2O4S/c1-21(18,19)16-9-2-3-10(16)7-8(6-9)15-13(17)11-4-5-12(14)20-11/h4-5,8-10H,2-3,6-7H2,1H3,(H,15,17). The topological polar surface area (TPSA) is 79.6 Å². The van der Waals surface area contributed by atoms with Crippen LogP contribution in [0.3, 0.4) is 0 Å². The van der Waals surface area contributed by atoms with Gasteiger partial charge in [-0.05, 0) is 53.7 Å². The molecule has 2 atom stereocenters. The number of hydrogen-bond acceptors (Lipinski definition) is 4. The molecule has 1 N–H and O–H groups in total. The molecule has 2 fully saturated rings. The molecule has 6 nitrogen and oxygen atoms in total. The largest absolute Gasteiger partial charge is 0.444 e. The minimum Gasteiger partial charge on any atom is -0.444 e. The second-order valence-electron chi connectivity index (χ2n) is 5.72. The molecule has 116 valence electrons. The van der Waals surface area contributed by atoms with Crippen molar-refractivity contribution < 1.29 is 17.6 Å². The number of nitrogens with one attached hydrogen (secondary N) is 1. The molecule has 2 saturated heterocycles. The van der Waals surface area contributed by atoms with Gasteiger partial charge in [-0.15, -0.1) is 0 Å². The fraction of sp³-hybridized carbons (Fsp3) is 0.615. The molecule has 1 aromatic rings. The van der Waals surface area contributed by atoms with Crippen LogP contribution in [0, 0.1) is 0 Å². The summed E-state index contributed by atoms with van der Waals surface area (Å²) in [5.41, 5.74) is 0. The Balaban J connectivity index is 1.67. The highest BCUT2D eigenvalue weighted by Gasteiger charge is 2.45. The highest BCUT2D eigenvalue weighted by atomic mass is 79.9. The Kier molecular flexibility index (Phi) is 3.87. The van der Waals surface area contributed by atoms with Gasteiger partial charge in [-0.2, -0.15) is 4.31 Å². The summed E-state index contributed by atoms with van der Waals surface area (Å²) in [6.07, 6.45) is 4.33.